The van der Waals surface area contributed by atoms with E-state index in [0.717, 1.165) is 48.6 Å². The summed E-state index contributed by atoms with van der Waals surface area (Å²) in [5.41, 5.74) is 9.40. The van der Waals surface area contributed by atoms with Crippen molar-refractivity contribution in [3.8, 4) is 5.88 Å². The Bertz CT molecular complexity index is 1040. The molecule has 2 aliphatic rings. The third kappa shape index (κ3) is 5.55. The molecule has 1 aromatic heterocycles. The lowest BCUT2D eigenvalue weighted by molar-refractivity contribution is -0.134. The summed E-state index contributed by atoms with van der Waals surface area (Å²) in [5, 5.41) is 7.14. The summed E-state index contributed by atoms with van der Waals surface area (Å²) >= 11 is 0. The zero-order valence-electron chi connectivity index (χ0n) is 19.8. The normalized spacial score (nSPS) is 20.1. The smallest absolute Gasteiger partial charge is 0.237 e. The highest BCUT2D eigenvalue weighted by molar-refractivity contribution is 6.09. The Morgan fingerprint density at radius 2 is 2.21 bits per heavy atom. The van der Waals surface area contributed by atoms with Crippen LogP contribution < -0.4 is 21.1 Å². The van der Waals surface area contributed by atoms with Crippen molar-refractivity contribution in [2.24, 2.45) is 10.7 Å². The lowest BCUT2D eigenvalue weighted by Gasteiger charge is -2.35. The maximum atomic E-state index is 12.0. The summed E-state index contributed by atoms with van der Waals surface area (Å²) in [7, 11) is 3.57. The highest BCUT2D eigenvalue weighted by Gasteiger charge is 2.30. The van der Waals surface area contributed by atoms with E-state index in [1.807, 2.05) is 31.3 Å². The minimum absolute atomic E-state index is 0.0294. The molecule has 0 radical (unpaired) electrons. The largest absolute Gasteiger partial charge is 0.469 e. The van der Waals surface area contributed by atoms with Crippen LogP contribution >= 0.6 is 0 Å². The molecule has 1 saturated heterocycles. The number of ether oxygens (including phenoxy) is 1. The fourth-order valence-corrected chi connectivity index (χ4v) is 4.27. The van der Waals surface area contributed by atoms with E-state index in [1.165, 1.54) is 6.20 Å². The van der Waals surface area contributed by atoms with E-state index < -0.39 is 0 Å². The number of hydrogen-bond acceptors (Lipinski definition) is 8. The summed E-state index contributed by atoms with van der Waals surface area (Å²) in [6.45, 7) is 4.30. The minimum Gasteiger partial charge on any atom is -0.469 e. The number of nitrogens with two attached hydrogens (primary N) is 1. The average molecular weight is 464 g/mol. The number of nitrogens with zero attached hydrogens (tertiary/aromatic N) is 4. The van der Waals surface area contributed by atoms with Crippen LogP contribution in [0.1, 0.15) is 17.2 Å². The Morgan fingerprint density at radius 1 is 1.38 bits per heavy atom. The van der Waals surface area contributed by atoms with Gasteiger partial charge in [-0.05, 0) is 11.6 Å². The van der Waals surface area contributed by atoms with Crippen molar-refractivity contribution >= 4 is 23.4 Å². The average Bonchev–Trinajstić information content (AvgIpc) is 2.87. The summed E-state index contributed by atoms with van der Waals surface area (Å²) in [6.07, 6.45) is 4.83. The topological polar surface area (TPSA) is 108 Å². The van der Waals surface area contributed by atoms with Crippen LogP contribution in [0, 0.1) is 0 Å². The molecule has 34 heavy (non-hydrogen) atoms. The van der Waals surface area contributed by atoms with Crippen molar-refractivity contribution < 1.29 is 9.53 Å². The van der Waals surface area contributed by atoms with Crippen LogP contribution in [0.15, 0.2) is 53.8 Å². The lowest BCUT2D eigenvalue weighted by atomic mass is 10.00. The molecule has 0 unspecified atom stereocenters. The standard InChI is InChI=1S/C25H33N7O2/c1-27-14-20(13-26)19-12-21-25(30-15-19)34-22(16-29-21)24(18-6-4-3-5-7-18)28-8-9-32-11-10-31(2)23(33)17-32/h3-7,12-15,22,24,28-29H,8-11,16-17,26H2,1-2H3/b20-13+,27-14?/t22-,24+/m0/s1. The Morgan fingerprint density at radius 3 is 2.94 bits per heavy atom. The number of benzene rings is 1. The van der Waals surface area contributed by atoms with Gasteiger partial charge in [-0.3, -0.25) is 14.7 Å². The number of allylic oxidation sites excluding steroid dienone is 1. The Kier molecular flexibility index (Phi) is 7.76. The third-order valence-electron chi connectivity index (χ3n) is 6.25. The molecule has 2 aromatic rings. The van der Waals surface area contributed by atoms with E-state index in [0.29, 0.717) is 19.0 Å². The highest BCUT2D eigenvalue weighted by Crippen LogP contribution is 2.32. The minimum atomic E-state index is -0.149. The van der Waals surface area contributed by atoms with E-state index >= 15 is 0 Å². The lowest BCUT2D eigenvalue weighted by Crippen LogP contribution is -2.51. The highest BCUT2D eigenvalue weighted by atomic mass is 16.5. The molecule has 0 bridgehead atoms. The number of likely N-dealkylation sites (N-methyl/N-ethyl adjacent to an activating group) is 1. The monoisotopic (exact) mass is 463 g/mol. The number of pyridine rings is 1. The first-order valence-corrected chi connectivity index (χ1v) is 11.6. The number of carbonyl (C=O) groups excluding carboxylic acids is 1. The van der Waals surface area contributed by atoms with E-state index in [2.05, 4.69) is 37.6 Å². The quantitative estimate of drug-likeness (QED) is 0.507. The molecule has 4 N–H and O–H groups in total. The van der Waals surface area contributed by atoms with Crippen molar-refractivity contribution in [3.05, 3.63) is 59.9 Å². The molecule has 1 fully saturated rings. The van der Waals surface area contributed by atoms with Crippen LogP contribution in [-0.2, 0) is 4.79 Å². The van der Waals surface area contributed by atoms with Gasteiger partial charge in [-0.2, -0.15) is 0 Å². The number of rotatable bonds is 8. The maximum absolute atomic E-state index is 12.0. The molecule has 9 nitrogen and oxygen atoms in total. The first kappa shape index (κ1) is 23.7. The Balaban J connectivity index is 1.45. The zero-order chi connectivity index (χ0) is 23.9. The van der Waals surface area contributed by atoms with Gasteiger partial charge in [0.15, 0.2) is 0 Å². The molecule has 9 heteroatoms. The van der Waals surface area contributed by atoms with E-state index in [-0.39, 0.29) is 18.1 Å². The molecule has 1 amide bonds. The summed E-state index contributed by atoms with van der Waals surface area (Å²) < 4.78 is 6.36. The number of anilines is 1. The van der Waals surface area contributed by atoms with Gasteiger partial charge in [0, 0.05) is 70.0 Å². The fourth-order valence-electron chi connectivity index (χ4n) is 4.27. The number of nitrogens with one attached hydrogen (secondary N) is 2. The fraction of sp³-hybridized carbons (Fsp3) is 0.400. The SMILES string of the molecule is CN=C/C(=C\N)c1cnc2c(c1)NC[C@@H]([C@H](NCCN1CCN(C)C(=O)C1)c1ccccc1)O2. The second kappa shape index (κ2) is 11.1. The van der Waals surface area contributed by atoms with Crippen LogP contribution in [0.5, 0.6) is 5.88 Å². The molecule has 1 aromatic carbocycles. The molecule has 2 atom stereocenters. The number of carbonyl (C=O) groups is 1. The van der Waals surface area contributed by atoms with Gasteiger partial charge in [0.05, 0.1) is 24.8 Å². The first-order chi connectivity index (χ1) is 16.6. The third-order valence-corrected chi connectivity index (χ3v) is 6.25. The molecule has 0 aliphatic carbocycles. The molecule has 4 rings (SSSR count). The van der Waals surface area contributed by atoms with E-state index in [1.54, 1.807) is 24.4 Å². The predicted molar refractivity (Wildman–Crippen MR) is 135 cm³/mol. The summed E-state index contributed by atoms with van der Waals surface area (Å²) in [5.74, 6) is 0.739. The molecule has 0 spiro atoms. The molecular formula is C25H33N7O2. The number of aromatic nitrogens is 1. The number of aliphatic imine (C=N–C) groups is 1. The van der Waals surface area contributed by atoms with Gasteiger partial charge in [0.25, 0.3) is 0 Å². The van der Waals surface area contributed by atoms with Crippen LogP contribution in [0.4, 0.5) is 5.69 Å². The van der Waals surface area contributed by atoms with Crippen LogP contribution in [-0.4, -0.2) is 86.4 Å². The van der Waals surface area contributed by atoms with E-state index in [4.69, 9.17) is 10.5 Å². The van der Waals surface area contributed by atoms with Gasteiger partial charge in [-0.25, -0.2) is 4.98 Å². The van der Waals surface area contributed by atoms with Crippen LogP contribution in [0.25, 0.3) is 5.57 Å². The molecule has 180 valence electrons. The molecular weight excluding hydrogens is 430 g/mol. The second-order valence-electron chi connectivity index (χ2n) is 8.56. The van der Waals surface area contributed by atoms with Crippen molar-refractivity contribution in [1.82, 2.24) is 20.1 Å². The van der Waals surface area contributed by atoms with Gasteiger partial charge >= 0.3 is 0 Å². The predicted octanol–water partition coefficient (Wildman–Crippen LogP) is 1.36. The second-order valence-corrected chi connectivity index (χ2v) is 8.56. The van der Waals surface area contributed by atoms with Crippen LogP contribution in [0.2, 0.25) is 0 Å². The maximum Gasteiger partial charge on any atom is 0.237 e. The van der Waals surface area contributed by atoms with Crippen molar-refractivity contribution in [1.29, 1.82) is 0 Å². The van der Waals surface area contributed by atoms with Crippen molar-refractivity contribution in [2.45, 2.75) is 12.1 Å². The van der Waals surface area contributed by atoms with Crippen LogP contribution in [0.3, 0.4) is 0 Å². The van der Waals surface area contributed by atoms with Gasteiger partial charge < -0.3 is 26.0 Å². The van der Waals surface area contributed by atoms with Gasteiger partial charge in [0.1, 0.15) is 6.10 Å². The van der Waals surface area contributed by atoms with Crippen molar-refractivity contribution in [3.63, 3.8) is 0 Å². The van der Waals surface area contributed by atoms with Gasteiger partial charge in [-0.1, -0.05) is 30.3 Å². The summed E-state index contributed by atoms with van der Waals surface area (Å²) in [4.78, 5) is 24.6. The molecule has 3 heterocycles. The first-order valence-electron chi connectivity index (χ1n) is 11.6. The van der Waals surface area contributed by atoms with Gasteiger partial charge in [0.2, 0.25) is 11.8 Å². The Labute approximate surface area is 200 Å². The number of fused-ring (bicyclic) bond motifs is 1. The molecule has 0 saturated carbocycles. The molecule has 2 aliphatic heterocycles. The Hall–Kier alpha value is -3.43. The number of hydrogen-bond donors (Lipinski definition) is 3. The number of piperazine rings is 1. The van der Waals surface area contributed by atoms with E-state index in [9.17, 15) is 4.79 Å². The number of amides is 1. The van der Waals surface area contributed by atoms with Crippen molar-refractivity contribution in [2.75, 3.05) is 58.7 Å². The summed E-state index contributed by atoms with van der Waals surface area (Å²) in [6, 6.07) is 12.2. The zero-order valence-corrected chi connectivity index (χ0v) is 19.8. The van der Waals surface area contributed by atoms with Gasteiger partial charge in [-0.15, -0.1) is 0 Å².